The van der Waals surface area contributed by atoms with Gasteiger partial charge in [0.25, 0.3) is 11.5 Å². The number of H-pyrrole nitrogens is 1. The van der Waals surface area contributed by atoms with Crippen molar-refractivity contribution in [1.29, 1.82) is 0 Å². The number of nitrogens with one attached hydrogen (secondary N) is 4. The fraction of sp³-hybridized carbons (Fsp3) is 0.292. The fourth-order valence-electron chi connectivity index (χ4n) is 3.24. The number of carbonyl (C=O) groups excluding carboxylic acids is 2. The summed E-state index contributed by atoms with van der Waals surface area (Å²) in [7, 11) is 0. The molecule has 0 bridgehead atoms. The van der Waals surface area contributed by atoms with Crippen molar-refractivity contribution in [3.8, 4) is 12.3 Å². The number of nitrogen functional groups attached to an aromatic ring is 1. The van der Waals surface area contributed by atoms with Gasteiger partial charge in [-0.05, 0) is 30.7 Å². The molecule has 0 aliphatic carbocycles. The molecule has 0 saturated heterocycles. The monoisotopic (exact) mass is 522 g/mol. The zero-order chi connectivity index (χ0) is 27.5. The van der Waals surface area contributed by atoms with Crippen LogP contribution in [0.25, 0.3) is 11.2 Å². The lowest BCUT2D eigenvalue weighted by molar-refractivity contribution is -0.139. The first-order valence-electron chi connectivity index (χ1n) is 11.4. The Hall–Kier alpha value is -5.03. The van der Waals surface area contributed by atoms with Crippen LogP contribution in [0, 0.1) is 12.3 Å². The maximum Gasteiger partial charge on any atom is 0.326 e. The first-order valence-corrected chi connectivity index (χ1v) is 11.4. The van der Waals surface area contributed by atoms with Crippen LogP contribution in [0.5, 0.6) is 0 Å². The Bertz CT molecular complexity index is 1400. The molecule has 0 fully saturated rings. The summed E-state index contributed by atoms with van der Waals surface area (Å²) in [4.78, 5) is 62.6. The van der Waals surface area contributed by atoms with Gasteiger partial charge in [-0.3, -0.25) is 19.4 Å². The van der Waals surface area contributed by atoms with Crippen LogP contribution in [0.2, 0.25) is 0 Å². The molecule has 3 rings (SSSR count). The third kappa shape index (κ3) is 8.00. The number of carboxylic acid groups (broad SMARTS) is 1. The molecule has 0 radical (unpaired) electrons. The SMILES string of the molecule is C#CCOCCNC(=O)CC[C@H](NC(=O)c1ccc(NCc2cnc3nc(N)[nH]c(=O)c3n2)cc1)C(=O)O. The lowest BCUT2D eigenvalue weighted by Gasteiger charge is -2.15. The fourth-order valence-corrected chi connectivity index (χ4v) is 3.24. The zero-order valence-electron chi connectivity index (χ0n) is 20.2. The molecule has 0 spiro atoms. The summed E-state index contributed by atoms with van der Waals surface area (Å²) in [5.74, 6) is 0.0271. The quantitative estimate of drug-likeness (QED) is 0.126. The molecule has 0 unspecified atom stereocenters. The molecule has 14 nitrogen and oxygen atoms in total. The maximum atomic E-state index is 12.6. The number of hydrogen-bond acceptors (Lipinski definition) is 10. The number of rotatable bonds is 13. The molecule has 0 aliphatic heterocycles. The van der Waals surface area contributed by atoms with E-state index in [9.17, 15) is 24.3 Å². The molecule has 3 aromatic rings. The number of amides is 2. The van der Waals surface area contributed by atoms with Crippen LogP contribution >= 0.6 is 0 Å². The van der Waals surface area contributed by atoms with Crippen LogP contribution < -0.4 is 27.2 Å². The minimum absolute atomic E-state index is 0.0506. The Labute approximate surface area is 216 Å². The van der Waals surface area contributed by atoms with Crippen molar-refractivity contribution >= 4 is 40.6 Å². The minimum Gasteiger partial charge on any atom is -0.480 e. The Morgan fingerprint density at radius 3 is 2.68 bits per heavy atom. The number of terminal acetylenes is 1. The maximum absolute atomic E-state index is 12.6. The van der Waals surface area contributed by atoms with Crippen LogP contribution in [-0.2, 0) is 20.9 Å². The van der Waals surface area contributed by atoms with Crippen LogP contribution in [0.3, 0.4) is 0 Å². The average Bonchev–Trinajstić information content (AvgIpc) is 2.89. The number of nitrogens with zero attached hydrogens (tertiary/aromatic N) is 3. The number of aromatic nitrogens is 4. The number of fused-ring (bicyclic) bond motifs is 1. The van der Waals surface area contributed by atoms with E-state index in [1.54, 1.807) is 12.1 Å². The van der Waals surface area contributed by atoms with E-state index >= 15 is 0 Å². The highest BCUT2D eigenvalue weighted by molar-refractivity contribution is 5.97. The van der Waals surface area contributed by atoms with Crippen LogP contribution in [0.4, 0.5) is 11.6 Å². The van der Waals surface area contributed by atoms with Crippen LogP contribution in [-0.4, -0.2) is 68.6 Å². The summed E-state index contributed by atoms with van der Waals surface area (Å²) in [6, 6.07) is 5.04. The number of aromatic amines is 1. The van der Waals surface area contributed by atoms with E-state index in [0.717, 1.165) is 0 Å². The molecular weight excluding hydrogens is 496 g/mol. The number of benzene rings is 1. The molecule has 0 aliphatic rings. The van der Waals surface area contributed by atoms with Crippen LogP contribution in [0.15, 0.2) is 35.3 Å². The molecular formula is C24H26N8O6. The number of carboxylic acids is 1. The highest BCUT2D eigenvalue weighted by Gasteiger charge is 2.21. The van der Waals surface area contributed by atoms with Gasteiger partial charge in [0.1, 0.15) is 12.6 Å². The topological polar surface area (TPSA) is 214 Å². The summed E-state index contributed by atoms with van der Waals surface area (Å²) in [6.45, 7) is 0.846. The number of hydrogen-bond donors (Lipinski definition) is 6. The lowest BCUT2D eigenvalue weighted by Crippen LogP contribution is -2.41. The first kappa shape index (κ1) is 27.6. The molecule has 1 aromatic carbocycles. The molecule has 2 heterocycles. The molecule has 198 valence electrons. The van der Waals surface area contributed by atoms with Gasteiger partial charge in [0, 0.05) is 24.2 Å². The average molecular weight is 523 g/mol. The van der Waals surface area contributed by atoms with Gasteiger partial charge in [0.15, 0.2) is 11.2 Å². The predicted molar refractivity (Wildman–Crippen MR) is 137 cm³/mol. The summed E-state index contributed by atoms with van der Waals surface area (Å²) in [5.41, 5.74) is 6.55. The molecule has 2 amide bonds. The van der Waals surface area contributed by atoms with Crippen molar-refractivity contribution in [3.63, 3.8) is 0 Å². The molecule has 14 heteroatoms. The minimum atomic E-state index is -1.25. The van der Waals surface area contributed by atoms with Gasteiger partial charge in [0.2, 0.25) is 11.9 Å². The molecule has 2 aromatic heterocycles. The van der Waals surface area contributed by atoms with Crippen molar-refractivity contribution < 1.29 is 24.2 Å². The Morgan fingerprint density at radius 1 is 1.21 bits per heavy atom. The van der Waals surface area contributed by atoms with E-state index in [0.29, 0.717) is 11.4 Å². The predicted octanol–water partition coefficient (Wildman–Crippen LogP) is -0.363. The van der Waals surface area contributed by atoms with Gasteiger partial charge in [-0.15, -0.1) is 6.42 Å². The van der Waals surface area contributed by atoms with E-state index in [-0.39, 0.29) is 67.7 Å². The molecule has 7 N–H and O–H groups in total. The number of nitrogens with two attached hydrogens (primary N) is 1. The first-order chi connectivity index (χ1) is 18.3. The second-order valence-electron chi connectivity index (χ2n) is 7.93. The number of anilines is 2. The summed E-state index contributed by atoms with van der Waals surface area (Å²) >= 11 is 0. The van der Waals surface area contributed by atoms with E-state index in [4.69, 9.17) is 16.9 Å². The van der Waals surface area contributed by atoms with Crippen molar-refractivity contribution in [2.45, 2.75) is 25.4 Å². The van der Waals surface area contributed by atoms with E-state index in [1.807, 2.05) is 0 Å². The van der Waals surface area contributed by atoms with Gasteiger partial charge in [0.05, 0.1) is 25.0 Å². The van der Waals surface area contributed by atoms with Gasteiger partial charge in [-0.25, -0.2) is 14.8 Å². The summed E-state index contributed by atoms with van der Waals surface area (Å²) < 4.78 is 5.04. The smallest absolute Gasteiger partial charge is 0.326 e. The van der Waals surface area contributed by atoms with Crippen molar-refractivity contribution in [2.24, 2.45) is 0 Å². The molecule has 0 saturated carbocycles. The number of ether oxygens (including phenoxy) is 1. The molecule has 1 atom stereocenters. The van der Waals surface area contributed by atoms with Gasteiger partial charge < -0.3 is 31.5 Å². The largest absolute Gasteiger partial charge is 0.480 e. The second-order valence-corrected chi connectivity index (χ2v) is 7.93. The van der Waals surface area contributed by atoms with Gasteiger partial charge in [-0.1, -0.05) is 5.92 Å². The lowest BCUT2D eigenvalue weighted by atomic mass is 10.1. The van der Waals surface area contributed by atoms with E-state index in [2.05, 4.69) is 41.8 Å². The Morgan fingerprint density at radius 2 is 1.97 bits per heavy atom. The number of carbonyl (C=O) groups is 3. The Balaban J connectivity index is 1.50. The van der Waals surface area contributed by atoms with Crippen molar-refractivity contribution in [2.75, 3.05) is 30.8 Å². The summed E-state index contributed by atoms with van der Waals surface area (Å²) in [5, 5.41) is 17.5. The third-order valence-corrected chi connectivity index (χ3v) is 5.12. The zero-order valence-corrected chi connectivity index (χ0v) is 20.2. The summed E-state index contributed by atoms with van der Waals surface area (Å²) in [6.07, 6.45) is 6.33. The highest BCUT2D eigenvalue weighted by Crippen LogP contribution is 2.12. The number of aliphatic carboxylic acids is 1. The highest BCUT2D eigenvalue weighted by atomic mass is 16.5. The van der Waals surface area contributed by atoms with Crippen molar-refractivity contribution in [3.05, 3.63) is 52.1 Å². The standard InChI is InChI=1S/C24H26N8O6/c1-2-10-38-11-9-26-18(33)8-7-17(23(36)37)30-21(34)14-3-5-15(6-4-14)27-12-16-13-28-20-19(29-16)22(35)32-24(25)31-20/h1,3-6,13,17,27H,7-12H2,(H,26,33)(H,30,34)(H,36,37)(H3,25,28,31,32,35)/t17-/m0/s1. The molecule has 38 heavy (non-hydrogen) atoms. The second kappa shape index (κ2) is 13.3. The van der Waals surface area contributed by atoms with E-state index < -0.39 is 23.5 Å². The normalized spacial score (nSPS) is 11.3. The van der Waals surface area contributed by atoms with Crippen molar-refractivity contribution in [1.82, 2.24) is 30.6 Å². The third-order valence-electron chi connectivity index (χ3n) is 5.12. The van der Waals surface area contributed by atoms with E-state index in [1.165, 1.54) is 18.3 Å². The van der Waals surface area contributed by atoms with Crippen LogP contribution in [0.1, 0.15) is 28.9 Å². The van der Waals surface area contributed by atoms with Gasteiger partial charge >= 0.3 is 5.97 Å². The van der Waals surface area contributed by atoms with Gasteiger partial charge in [-0.2, -0.15) is 4.98 Å². The Kier molecular flexibility index (Phi) is 9.66.